The van der Waals surface area contributed by atoms with Crippen LogP contribution < -0.4 is 10.6 Å². The molecule has 0 aliphatic carbocycles. The summed E-state index contributed by atoms with van der Waals surface area (Å²) >= 11 is 0. The van der Waals surface area contributed by atoms with Crippen molar-refractivity contribution in [3.05, 3.63) is 24.3 Å². The van der Waals surface area contributed by atoms with Gasteiger partial charge in [-0.1, -0.05) is 0 Å². The molecule has 4 heteroatoms. The van der Waals surface area contributed by atoms with E-state index < -0.39 is 0 Å². The topological polar surface area (TPSA) is 61.4 Å². The molecule has 0 fully saturated rings. The van der Waals surface area contributed by atoms with Crippen molar-refractivity contribution >= 4 is 17.8 Å². The lowest BCUT2D eigenvalue weighted by atomic mass is 10.3. The Hall–Kier alpha value is -1.71. The minimum Gasteiger partial charge on any atom is -0.483 e. The number of hydrogen-bond acceptors (Lipinski definition) is 3. The smallest absolute Gasteiger partial charge is 0.290 e. The third kappa shape index (κ3) is 4.68. The fourth-order valence-corrected chi connectivity index (χ4v) is 0.804. The van der Waals surface area contributed by atoms with Gasteiger partial charge in [0, 0.05) is 25.5 Å². The lowest BCUT2D eigenvalue weighted by Crippen LogP contribution is -1.89. The van der Waals surface area contributed by atoms with Crippen LogP contribution in [0.3, 0.4) is 0 Å². The van der Waals surface area contributed by atoms with Crippen LogP contribution in [0, 0.1) is 0 Å². The summed E-state index contributed by atoms with van der Waals surface area (Å²) in [6.07, 6.45) is 0. The molecule has 72 valence electrons. The molecular weight excluding hydrogens is 168 g/mol. The predicted molar refractivity (Wildman–Crippen MR) is 54.2 cm³/mol. The number of rotatable bonds is 2. The second-order valence-electron chi connectivity index (χ2n) is 2.18. The molecule has 1 rings (SSSR count). The lowest BCUT2D eigenvalue weighted by Gasteiger charge is -2.01. The molecule has 0 unspecified atom stereocenters. The van der Waals surface area contributed by atoms with Crippen LogP contribution in [-0.4, -0.2) is 25.7 Å². The maximum atomic E-state index is 8.36. The van der Waals surface area contributed by atoms with Gasteiger partial charge in [-0.05, 0) is 24.3 Å². The number of hydrogen-bond donors (Lipinski definition) is 3. The Balaban J connectivity index is 0.000000424. The van der Waals surface area contributed by atoms with Crippen molar-refractivity contribution in [1.29, 1.82) is 0 Å². The Bertz CT molecular complexity index is 211. The van der Waals surface area contributed by atoms with Gasteiger partial charge in [0.05, 0.1) is 0 Å². The van der Waals surface area contributed by atoms with Crippen LogP contribution in [0.15, 0.2) is 24.3 Å². The highest BCUT2D eigenvalue weighted by Crippen LogP contribution is 2.11. The van der Waals surface area contributed by atoms with Gasteiger partial charge >= 0.3 is 0 Å². The van der Waals surface area contributed by atoms with E-state index in [1.54, 1.807) is 0 Å². The zero-order valence-corrected chi connectivity index (χ0v) is 7.74. The fraction of sp³-hybridized carbons (Fsp3) is 0.222. The van der Waals surface area contributed by atoms with Crippen LogP contribution in [-0.2, 0) is 4.79 Å². The minimum absolute atomic E-state index is 0.250. The molecule has 3 N–H and O–H groups in total. The molecule has 1 aromatic rings. The highest BCUT2D eigenvalue weighted by molar-refractivity contribution is 5.52. The van der Waals surface area contributed by atoms with E-state index in [4.69, 9.17) is 9.90 Å². The van der Waals surface area contributed by atoms with E-state index >= 15 is 0 Å². The molecule has 13 heavy (non-hydrogen) atoms. The van der Waals surface area contributed by atoms with Crippen LogP contribution in [0.4, 0.5) is 11.4 Å². The third-order valence-electron chi connectivity index (χ3n) is 1.46. The number of nitrogens with one attached hydrogen (secondary N) is 2. The van der Waals surface area contributed by atoms with E-state index in [1.807, 2.05) is 38.4 Å². The number of benzene rings is 1. The van der Waals surface area contributed by atoms with Crippen LogP contribution in [0.5, 0.6) is 0 Å². The van der Waals surface area contributed by atoms with Crippen LogP contribution in [0.2, 0.25) is 0 Å². The van der Waals surface area contributed by atoms with Crippen molar-refractivity contribution in [2.45, 2.75) is 0 Å². The maximum absolute atomic E-state index is 8.36. The van der Waals surface area contributed by atoms with Crippen molar-refractivity contribution in [1.82, 2.24) is 0 Å². The Kier molecular flexibility index (Phi) is 6.05. The largest absolute Gasteiger partial charge is 0.483 e. The number of anilines is 2. The SMILES string of the molecule is CNc1ccc(NC)cc1.O=CO. The van der Waals surface area contributed by atoms with Crippen molar-refractivity contribution in [2.75, 3.05) is 24.7 Å². The third-order valence-corrected chi connectivity index (χ3v) is 1.46. The van der Waals surface area contributed by atoms with E-state index in [1.165, 1.54) is 0 Å². The molecule has 1 aromatic carbocycles. The molecule has 0 spiro atoms. The van der Waals surface area contributed by atoms with Gasteiger partial charge in [0.25, 0.3) is 6.47 Å². The summed E-state index contributed by atoms with van der Waals surface area (Å²) < 4.78 is 0. The zero-order valence-electron chi connectivity index (χ0n) is 7.74. The van der Waals surface area contributed by atoms with Crippen molar-refractivity contribution in [3.8, 4) is 0 Å². The summed E-state index contributed by atoms with van der Waals surface area (Å²) in [5.41, 5.74) is 2.28. The van der Waals surface area contributed by atoms with Gasteiger partial charge < -0.3 is 15.7 Å². The summed E-state index contributed by atoms with van der Waals surface area (Å²) in [6, 6.07) is 8.13. The average molecular weight is 182 g/mol. The minimum atomic E-state index is -0.250. The molecule has 0 aliphatic rings. The molecule has 0 saturated heterocycles. The highest BCUT2D eigenvalue weighted by atomic mass is 16.3. The first kappa shape index (κ1) is 11.3. The predicted octanol–water partition coefficient (Wildman–Crippen LogP) is 1.47. The van der Waals surface area contributed by atoms with Crippen LogP contribution >= 0.6 is 0 Å². The zero-order chi connectivity index (χ0) is 10.1. The Morgan fingerprint density at radius 3 is 1.46 bits per heavy atom. The van der Waals surface area contributed by atoms with Gasteiger partial charge in [-0.2, -0.15) is 0 Å². The normalized spacial score (nSPS) is 7.85. The van der Waals surface area contributed by atoms with Gasteiger partial charge in [-0.3, -0.25) is 4.79 Å². The fourth-order valence-electron chi connectivity index (χ4n) is 0.804. The van der Waals surface area contributed by atoms with E-state index in [9.17, 15) is 0 Å². The van der Waals surface area contributed by atoms with Gasteiger partial charge in [0.2, 0.25) is 0 Å². The van der Waals surface area contributed by atoms with E-state index in [-0.39, 0.29) is 6.47 Å². The molecule has 4 nitrogen and oxygen atoms in total. The summed E-state index contributed by atoms with van der Waals surface area (Å²) in [7, 11) is 3.82. The second-order valence-corrected chi connectivity index (χ2v) is 2.18. The molecule has 0 aliphatic heterocycles. The van der Waals surface area contributed by atoms with Crippen molar-refractivity contribution in [3.63, 3.8) is 0 Å². The molecule has 0 radical (unpaired) electrons. The number of carboxylic acid groups (broad SMARTS) is 1. The standard InChI is InChI=1S/C8H12N2.CH2O2/c1-9-7-3-5-8(10-2)6-4-7;2-1-3/h3-6,9-10H,1-2H3;1H,(H,2,3). The highest BCUT2D eigenvalue weighted by Gasteiger charge is 1.86. The monoisotopic (exact) mass is 182 g/mol. The summed E-state index contributed by atoms with van der Waals surface area (Å²) in [5.74, 6) is 0. The van der Waals surface area contributed by atoms with Gasteiger partial charge in [0.1, 0.15) is 0 Å². The summed E-state index contributed by atoms with van der Waals surface area (Å²) in [5, 5.41) is 13.0. The first-order valence-electron chi connectivity index (χ1n) is 3.82. The Morgan fingerprint density at radius 2 is 1.31 bits per heavy atom. The van der Waals surface area contributed by atoms with Crippen molar-refractivity contribution in [2.24, 2.45) is 0 Å². The quantitative estimate of drug-likeness (QED) is 0.606. The van der Waals surface area contributed by atoms with Crippen molar-refractivity contribution < 1.29 is 9.90 Å². The molecule has 0 heterocycles. The van der Waals surface area contributed by atoms with E-state index in [0.717, 1.165) is 11.4 Å². The molecule has 0 atom stereocenters. The van der Waals surface area contributed by atoms with Crippen LogP contribution in [0.1, 0.15) is 0 Å². The first-order chi connectivity index (χ1) is 6.28. The molecule has 0 amide bonds. The van der Waals surface area contributed by atoms with Gasteiger partial charge in [-0.15, -0.1) is 0 Å². The van der Waals surface area contributed by atoms with Gasteiger partial charge in [-0.25, -0.2) is 0 Å². The second kappa shape index (κ2) is 6.97. The molecular formula is C9H14N2O2. The van der Waals surface area contributed by atoms with E-state index in [0.29, 0.717) is 0 Å². The van der Waals surface area contributed by atoms with Gasteiger partial charge in [0.15, 0.2) is 0 Å². The molecule has 0 aromatic heterocycles. The van der Waals surface area contributed by atoms with E-state index in [2.05, 4.69) is 10.6 Å². The number of carbonyl (C=O) groups is 1. The Morgan fingerprint density at radius 1 is 1.08 bits per heavy atom. The Labute approximate surface area is 77.6 Å². The molecule has 0 saturated carbocycles. The summed E-state index contributed by atoms with van der Waals surface area (Å²) in [6.45, 7) is -0.250. The average Bonchev–Trinajstić information content (AvgIpc) is 2.19. The first-order valence-corrected chi connectivity index (χ1v) is 3.82. The van der Waals surface area contributed by atoms with Crippen LogP contribution in [0.25, 0.3) is 0 Å². The maximum Gasteiger partial charge on any atom is 0.290 e. The molecule has 0 bridgehead atoms. The summed E-state index contributed by atoms with van der Waals surface area (Å²) in [4.78, 5) is 8.36. The lowest BCUT2D eigenvalue weighted by molar-refractivity contribution is -0.122.